The average Bonchev–Trinajstić information content (AvgIpc) is 3.26. The second-order valence-electron chi connectivity index (χ2n) is 12.1. The molecule has 0 unspecified atom stereocenters. The molecular weight excluding hydrogens is 474 g/mol. The third-order valence-electron chi connectivity index (χ3n) is 9.86. The molecule has 0 aromatic carbocycles. The van der Waals surface area contributed by atoms with E-state index in [2.05, 4.69) is 44.0 Å². The number of fused-ring (bicyclic) bond motifs is 1. The zero-order chi connectivity index (χ0) is 26.3. The monoisotopic (exact) mass is 523 g/mol. The fourth-order valence-corrected chi connectivity index (χ4v) is 8.05. The summed E-state index contributed by atoms with van der Waals surface area (Å²) in [7, 11) is 0. The van der Waals surface area contributed by atoms with E-state index in [1.165, 1.54) is 61.7 Å². The molecule has 0 saturated heterocycles. The van der Waals surface area contributed by atoms with Crippen LogP contribution in [0.4, 0.5) is 0 Å². The molecule has 5 atom stereocenters. The van der Waals surface area contributed by atoms with E-state index in [9.17, 15) is 4.79 Å². The summed E-state index contributed by atoms with van der Waals surface area (Å²) in [6, 6.07) is 4.21. The van der Waals surface area contributed by atoms with Crippen molar-refractivity contribution in [2.75, 3.05) is 0 Å². The minimum atomic E-state index is -0.0330. The van der Waals surface area contributed by atoms with Gasteiger partial charge in [-0.05, 0) is 86.3 Å². The number of hydrogen-bond acceptors (Lipinski definition) is 4. The number of pyridine rings is 1. The number of thiol groups is 1. The topological polar surface area (TPSA) is 39.2 Å². The van der Waals surface area contributed by atoms with Crippen LogP contribution in [0.25, 0.3) is 5.57 Å². The highest BCUT2D eigenvalue weighted by Gasteiger charge is 2.51. The van der Waals surface area contributed by atoms with E-state index in [0.29, 0.717) is 18.3 Å². The lowest BCUT2D eigenvalue weighted by Gasteiger charge is -2.51. The van der Waals surface area contributed by atoms with E-state index >= 15 is 0 Å². The molecular formula is C33H49NO2S. The first kappa shape index (κ1) is 28.5. The number of carbonyl (C=O) groups is 1. The van der Waals surface area contributed by atoms with Gasteiger partial charge in [0.05, 0.1) is 0 Å². The molecule has 2 fully saturated rings. The molecule has 0 N–H and O–H groups in total. The Morgan fingerprint density at radius 1 is 1.14 bits per heavy atom. The second-order valence-corrected chi connectivity index (χ2v) is 12.9. The number of esters is 1. The average molecular weight is 524 g/mol. The third-order valence-corrected chi connectivity index (χ3v) is 10.7. The van der Waals surface area contributed by atoms with Gasteiger partial charge in [-0.15, -0.1) is 0 Å². The number of nitrogens with zero attached hydrogens (tertiary/aromatic N) is 1. The van der Waals surface area contributed by atoms with Crippen LogP contribution in [-0.2, 0) is 9.53 Å². The lowest BCUT2D eigenvalue weighted by Crippen LogP contribution is -2.44. The van der Waals surface area contributed by atoms with Gasteiger partial charge in [-0.3, -0.25) is 9.78 Å². The highest BCUT2D eigenvalue weighted by molar-refractivity contribution is 7.82. The van der Waals surface area contributed by atoms with Gasteiger partial charge in [0.1, 0.15) is 6.10 Å². The summed E-state index contributed by atoms with van der Waals surface area (Å²) in [5.41, 5.74) is 4.32. The van der Waals surface area contributed by atoms with Crippen LogP contribution in [-0.4, -0.2) is 21.8 Å². The summed E-state index contributed by atoms with van der Waals surface area (Å²) in [6.45, 7) is 6.91. The van der Waals surface area contributed by atoms with Gasteiger partial charge in [-0.2, -0.15) is 12.6 Å². The molecule has 37 heavy (non-hydrogen) atoms. The molecule has 204 valence electrons. The van der Waals surface area contributed by atoms with Crippen molar-refractivity contribution in [3.63, 3.8) is 0 Å². The molecule has 0 amide bonds. The number of unbranched alkanes of at least 4 members (excludes halogenated alkanes) is 6. The number of ether oxygens (including phenoxy) is 1. The van der Waals surface area contributed by atoms with Gasteiger partial charge in [0, 0.05) is 30.0 Å². The van der Waals surface area contributed by atoms with E-state index in [1.54, 1.807) is 0 Å². The molecule has 3 nitrogen and oxygen atoms in total. The Morgan fingerprint density at radius 2 is 1.92 bits per heavy atom. The summed E-state index contributed by atoms with van der Waals surface area (Å²) >= 11 is 5.33. The minimum absolute atomic E-state index is 0.00935. The number of carbonyl (C=O) groups excluding carboxylic acids is 1. The third kappa shape index (κ3) is 6.54. The van der Waals surface area contributed by atoms with Crippen LogP contribution in [0.1, 0.15) is 123 Å². The standard InChI is InChI=1S/C33H49NO2S/c1-4-6-7-8-9-10-11-14-31(35)36-29-18-19-32(3,26(5-2)23-29)27-17-20-33(37)28(22-27)15-16-30(33)25-13-12-21-34-24-25/h5,12-13,16,21,24,27-29,37H,4,6-11,14-15,17-20,22-23H2,1-3H3/b26-5-/t27-,28-,29-,32-,33+/m0/s1. The highest BCUT2D eigenvalue weighted by Crippen LogP contribution is 2.60. The smallest absolute Gasteiger partial charge is 0.306 e. The zero-order valence-electron chi connectivity index (χ0n) is 23.5. The quantitative estimate of drug-likeness (QED) is 0.136. The van der Waals surface area contributed by atoms with Crippen molar-refractivity contribution in [1.29, 1.82) is 0 Å². The molecule has 1 aromatic rings. The van der Waals surface area contributed by atoms with Crippen molar-refractivity contribution in [3.8, 4) is 0 Å². The molecule has 0 bridgehead atoms. The van der Waals surface area contributed by atoms with Crippen LogP contribution in [0.5, 0.6) is 0 Å². The fraction of sp³-hybridized carbons (Fsp3) is 0.697. The number of allylic oxidation sites excluding steroid dienone is 2. The van der Waals surface area contributed by atoms with E-state index in [1.807, 2.05) is 18.5 Å². The van der Waals surface area contributed by atoms with E-state index in [0.717, 1.165) is 44.9 Å². The predicted molar refractivity (Wildman–Crippen MR) is 158 cm³/mol. The maximum atomic E-state index is 12.6. The summed E-state index contributed by atoms with van der Waals surface area (Å²) in [4.78, 5) is 16.9. The van der Waals surface area contributed by atoms with Crippen molar-refractivity contribution in [3.05, 3.63) is 47.8 Å². The Kier molecular flexibility index (Phi) is 10.00. The molecule has 1 aromatic heterocycles. The summed E-state index contributed by atoms with van der Waals surface area (Å²) in [6.07, 6.45) is 25.5. The Hall–Kier alpha value is -1.55. The summed E-state index contributed by atoms with van der Waals surface area (Å²) in [5, 5.41) is 0. The van der Waals surface area contributed by atoms with Crippen molar-refractivity contribution < 1.29 is 9.53 Å². The molecule has 0 aliphatic heterocycles. The highest BCUT2D eigenvalue weighted by atomic mass is 32.1. The molecule has 3 aliphatic rings. The van der Waals surface area contributed by atoms with Gasteiger partial charge in [0.15, 0.2) is 0 Å². The number of hydrogen-bond donors (Lipinski definition) is 1. The maximum absolute atomic E-state index is 12.6. The Morgan fingerprint density at radius 3 is 2.65 bits per heavy atom. The minimum Gasteiger partial charge on any atom is -0.462 e. The van der Waals surface area contributed by atoms with Crippen LogP contribution >= 0.6 is 12.6 Å². The summed E-state index contributed by atoms with van der Waals surface area (Å²) < 4.78 is 5.96. The maximum Gasteiger partial charge on any atom is 0.306 e. The fourth-order valence-electron chi connectivity index (χ4n) is 7.49. The molecule has 4 heteroatoms. The largest absolute Gasteiger partial charge is 0.462 e. The molecule has 0 spiro atoms. The van der Waals surface area contributed by atoms with Gasteiger partial charge in [0.25, 0.3) is 0 Å². The Balaban J connectivity index is 1.28. The Labute approximate surface area is 231 Å². The van der Waals surface area contributed by atoms with E-state index in [-0.39, 0.29) is 22.2 Å². The first-order valence-electron chi connectivity index (χ1n) is 15.1. The zero-order valence-corrected chi connectivity index (χ0v) is 24.4. The van der Waals surface area contributed by atoms with Crippen LogP contribution in [0.2, 0.25) is 0 Å². The van der Waals surface area contributed by atoms with Crippen LogP contribution in [0.3, 0.4) is 0 Å². The van der Waals surface area contributed by atoms with Crippen LogP contribution in [0, 0.1) is 17.3 Å². The van der Waals surface area contributed by atoms with Gasteiger partial charge in [-0.25, -0.2) is 0 Å². The second kappa shape index (κ2) is 13.0. The lowest BCUT2D eigenvalue weighted by atomic mass is 9.57. The SMILES string of the molecule is C/C=C1/C[C@@H](OC(=O)CCCCCCCCC)CC[C@]1(C)[C@H]1CC[C@]2(S)C(c3cccnc3)=CC[C@H]2C1. The predicted octanol–water partition coefficient (Wildman–Crippen LogP) is 9.14. The van der Waals surface area contributed by atoms with Crippen molar-refractivity contribution in [2.45, 2.75) is 128 Å². The van der Waals surface area contributed by atoms with Crippen LogP contribution < -0.4 is 0 Å². The van der Waals surface area contributed by atoms with Crippen LogP contribution in [0.15, 0.2) is 42.3 Å². The number of rotatable bonds is 11. The van der Waals surface area contributed by atoms with Gasteiger partial charge >= 0.3 is 5.97 Å². The molecule has 4 rings (SSSR count). The molecule has 2 saturated carbocycles. The number of aromatic nitrogens is 1. The molecule has 1 heterocycles. The first-order valence-corrected chi connectivity index (χ1v) is 15.5. The van der Waals surface area contributed by atoms with E-state index < -0.39 is 0 Å². The van der Waals surface area contributed by atoms with E-state index in [4.69, 9.17) is 17.4 Å². The van der Waals surface area contributed by atoms with Crippen molar-refractivity contribution in [1.82, 2.24) is 4.98 Å². The molecule has 3 aliphatic carbocycles. The summed E-state index contributed by atoms with van der Waals surface area (Å²) in [5.74, 6) is 1.25. The van der Waals surface area contributed by atoms with Gasteiger partial charge in [-0.1, -0.05) is 76.2 Å². The molecule has 0 radical (unpaired) electrons. The van der Waals surface area contributed by atoms with Crippen molar-refractivity contribution >= 4 is 24.2 Å². The first-order chi connectivity index (χ1) is 17.9. The van der Waals surface area contributed by atoms with Gasteiger partial charge < -0.3 is 4.74 Å². The van der Waals surface area contributed by atoms with Gasteiger partial charge in [0.2, 0.25) is 0 Å². The Bertz CT molecular complexity index is 956. The van der Waals surface area contributed by atoms with Crippen molar-refractivity contribution in [2.24, 2.45) is 17.3 Å². The normalized spacial score (nSPS) is 32.7. The lowest BCUT2D eigenvalue weighted by molar-refractivity contribution is -0.151.